The number of carbonyl (C=O) groups excluding carboxylic acids is 2. The highest BCUT2D eigenvalue weighted by Gasteiger charge is 2.18. The number of anilines is 1. The summed E-state index contributed by atoms with van der Waals surface area (Å²) in [5, 5.41) is 9.35. The van der Waals surface area contributed by atoms with Crippen LogP contribution in [0.3, 0.4) is 0 Å². The third-order valence-electron chi connectivity index (χ3n) is 3.58. The number of nitrogens with zero attached hydrogens (tertiary/aromatic N) is 2. The Labute approximate surface area is 161 Å². The van der Waals surface area contributed by atoms with Gasteiger partial charge in [0.05, 0.1) is 28.1 Å². The second-order valence-electron chi connectivity index (χ2n) is 5.49. The predicted molar refractivity (Wildman–Crippen MR) is 101 cm³/mol. The lowest BCUT2D eigenvalue weighted by atomic mass is 10.2. The van der Waals surface area contributed by atoms with Crippen molar-refractivity contribution in [3.8, 4) is 6.07 Å². The Kier molecular flexibility index (Phi) is 7.02. The third-order valence-corrected chi connectivity index (χ3v) is 4.31. The Hall–Kier alpha value is -2.55. The van der Waals surface area contributed by atoms with Crippen LogP contribution in [0, 0.1) is 18.3 Å². The number of amides is 1. The van der Waals surface area contributed by atoms with Crippen LogP contribution in [0.1, 0.15) is 22.3 Å². The van der Waals surface area contributed by atoms with E-state index in [9.17, 15) is 9.59 Å². The molecule has 0 aliphatic rings. The fourth-order valence-corrected chi connectivity index (χ4v) is 2.49. The summed E-state index contributed by atoms with van der Waals surface area (Å²) in [4.78, 5) is 26.0. The van der Waals surface area contributed by atoms with Crippen molar-refractivity contribution in [3.63, 3.8) is 0 Å². The summed E-state index contributed by atoms with van der Waals surface area (Å²) < 4.78 is 5.08. The van der Waals surface area contributed by atoms with Crippen molar-refractivity contribution >= 4 is 40.8 Å². The molecule has 0 heterocycles. The van der Waals surface area contributed by atoms with Gasteiger partial charge in [-0.2, -0.15) is 5.26 Å². The van der Waals surface area contributed by atoms with Crippen LogP contribution in [0.4, 0.5) is 5.69 Å². The van der Waals surface area contributed by atoms with E-state index in [4.69, 9.17) is 33.2 Å². The normalized spacial score (nSPS) is 10.1. The lowest BCUT2D eigenvalue weighted by Crippen LogP contribution is -2.35. The van der Waals surface area contributed by atoms with Crippen molar-refractivity contribution in [1.82, 2.24) is 0 Å². The average molecular weight is 391 g/mol. The van der Waals surface area contributed by atoms with Crippen LogP contribution in [0.15, 0.2) is 42.5 Å². The van der Waals surface area contributed by atoms with Gasteiger partial charge in [-0.25, -0.2) is 4.79 Å². The first-order valence-electron chi connectivity index (χ1n) is 7.78. The van der Waals surface area contributed by atoms with Crippen LogP contribution in [0.25, 0.3) is 0 Å². The molecule has 5 nitrogen and oxygen atoms in total. The van der Waals surface area contributed by atoms with Crippen LogP contribution in [-0.2, 0) is 9.53 Å². The van der Waals surface area contributed by atoms with E-state index in [2.05, 4.69) is 0 Å². The molecule has 0 atom stereocenters. The topological polar surface area (TPSA) is 70.4 Å². The number of nitriles is 1. The molecule has 0 saturated carbocycles. The number of carbonyl (C=O) groups is 2. The first-order valence-corrected chi connectivity index (χ1v) is 8.54. The van der Waals surface area contributed by atoms with Gasteiger partial charge in [-0.3, -0.25) is 4.79 Å². The molecule has 0 unspecified atom stereocenters. The molecule has 1 amide bonds. The van der Waals surface area contributed by atoms with E-state index < -0.39 is 18.5 Å². The lowest BCUT2D eigenvalue weighted by molar-refractivity contribution is -0.121. The highest BCUT2D eigenvalue weighted by Crippen LogP contribution is 2.23. The molecular weight excluding hydrogens is 375 g/mol. The van der Waals surface area contributed by atoms with Crippen molar-refractivity contribution in [2.45, 2.75) is 13.3 Å². The molecule has 0 aliphatic heterocycles. The van der Waals surface area contributed by atoms with E-state index in [1.54, 1.807) is 12.1 Å². The SMILES string of the molecule is Cc1ccc(N(CCC#N)C(=O)COC(=O)c2ccc(Cl)c(Cl)c2)cc1. The highest BCUT2D eigenvalue weighted by atomic mass is 35.5. The Balaban J connectivity index is 2.06. The molecule has 0 aliphatic carbocycles. The van der Waals surface area contributed by atoms with Crippen molar-refractivity contribution in [2.24, 2.45) is 0 Å². The van der Waals surface area contributed by atoms with Crippen LogP contribution in [0.5, 0.6) is 0 Å². The van der Waals surface area contributed by atoms with Gasteiger partial charge in [-0.15, -0.1) is 0 Å². The third kappa shape index (κ3) is 5.22. The van der Waals surface area contributed by atoms with Gasteiger partial charge in [0.1, 0.15) is 0 Å². The smallest absolute Gasteiger partial charge is 0.338 e. The summed E-state index contributed by atoms with van der Waals surface area (Å²) in [5.41, 5.74) is 1.89. The Bertz CT molecular complexity index is 845. The van der Waals surface area contributed by atoms with Gasteiger partial charge in [0.15, 0.2) is 6.61 Å². The summed E-state index contributed by atoms with van der Waals surface area (Å²) in [6.45, 7) is 1.70. The lowest BCUT2D eigenvalue weighted by Gasteiger charge is -2.21. The Morgan fingerprint density at radius 1 is 1.12 bits per heavy atom. The number of hydrogen-bond donors (Lipinski definition) is 0. The van der Waals surface area contributed by atoms with Crippen molar-refractivity contribution in [1.29, 1.82) is 5.26 Å². The monoisotopic (exact) mass is 390 g/mol. The summed E-state index contributed by atoms with van der Waals surface area (Å²) in [6, 6.07) is 13.6. The second-order valence-corrected chi connectivity index (χ2v) is 6.31. The second kappa shape index (κ2) is 9.23. The number of halogens is 2. The Morgan fingerprint density at radius 3 is 2.42 bits per heavy atom. The fourth-order valence-electron chi connectivity index (χ4n) is 2.20. The molecule has 134 valence electrons. The molecule has 26 heavy (non-hydrogen) atoms. The van der Waals surface area contributed by atoms with Crippen LogP contribution in [-0.4, -0.2) is 25.0 Å². The molecule has 2 aromatic carbocycles. The van der Waals surface area contributed by atoms with Crippen LogP contribution < -0.4 is 4.90 Å². The van der Waals surface area contributed by atoms with Gasteiger partial charge in [0.25, 0.3) is 5.91 Å². The zero-order valence-electron chi connectivity index (χ0n) is 14.0. The number of hydrogen-bond acceptors (Lipinski definition) is 4. The molecule has 0 radical (unpaired) electrons. The van der Waals surface area contributed by atoms with Gasteiger partial charge < -0.3 is 9.64 Å². The standard InChI is InChI=1S/C19H16Cl2N2O3/c1-13-3-6-15(7-4-13)23(10-2-9-22)18(24)12-26-19(25)14-5-8-16(20)17(21)11-14/h3-8,11H,2,10,12H2,1H3. The molecule has 7 heteroatoms. The fraction of sp³-hybridized carbons (Fsp3) is 0.211. The molecule has 2 aromatic rings. The molecule has 0 aromatic heterocycles. The first-order chi connectivity index (χ1) is 12.4. The minimum atomic E-state index is -0.680. The predicted octanol–water partition coefficient (Wildman–Crippen LogP) is 4.41. The molecule has 0 spiro atoms. The molecule has 0 fully saturated rings. The average Bonchev–Trinajstić information content (AvgIpc) is 2.63. The van der Waals surface area contributed by atoms with Gasteiger partial charge in [0, 0.05) is 12.2 Å². The van der Waals surface area contributed by atoms with Crippen LogP contribution >= 0.6 is 23.2 Å². The van der Waals surface area contributed by atoms with E-state index in [1.807, 2.05) is 25.1 Å². The zero-order chi connectivity index (χ0) is 19.1. The first kappa shape index (κ1) is 19.8. The molecule has 0 bridgehead atoms. The summed E-state index contributed by atoms with van der Waals surface area (Å²) >= 11 is 11.7. The van der Waals surface area contributed by atoms with Crippen molar-refractivity contribution in [2.75, 3.05) is 18.1 Å². The quantitative estimate of drug-likeness (QED) is 0.685. The number of benzene rings is 2. The van der Waals surface area contributed by atoms with E-state index in [0.717, 1.165) is 5.56 Å². The number of aryl methyl sites for hydroxylation is 1. The number of ether oxygens (including phenoxy) is 1. The highest BCUT2D eigenvalue weighted by molar-refractivity contribution is 6.42. The molecule has 2 rings (SSSR count). The van der Waals surface area contributed by atoms with Gasteiger partial charge in [-0.05, 0) is 37.3 Å². The van der Waals surface area contributed by atoms with Gasteiger partial charge in [0.2, 0.25) is 0 Å². The minimum absolute atomic E-state index is 0.167. The maximum Gasteiger partial charge on any atom is 0.338 e. The summed E-state index contributed by atoms with van der Waals surface area (Å²) in [7, 11) is 0. The number of esters is 1. The number of rotatable bonds is 6. The molecule has 0 saturated heterocycles. The minimum Gasteiger partial charge on any atom is -0.452 e. The maximum atomic E-state index is 12.5. The van der Waals surface area contributed by atoms with Crippen molar-refractivity contribution in [3.05, 3.63) is 63.6 Å². The zero-order valence-corrected chi connectivity index (χ0v) is 15.5. The van der Waals surface area contributed by atoms with E-state index in [1.165, 1.54) is 23.1 Å². The van der Waals surface area contributed by atoms with E-state index >= 15 is 0 Å². The summed E-state index contributed by atoms with van der Waals surface area (Å²) in [6.07, 6.45) is 0.167. The van der Waals surface area contributed by atoms with Gasteiger partial charge >= 0.3 is 5.97 Å². The largest absolute Gasteiger partial charge is 0.452 e. The van der Waals surface area contributed by atoms with Crippen molar-refractivity contribution < 1.29 is 14.3 Å². The Morgan fingerprint density at radius 2 is 1.81 bits per heavy atom. The van der Waals surface area contributed by atoms with E-state index in [-0.39, 0.29) is 23.6 Å². The maximum absolute atomic E-state index is 12.5. The van der Waals surface area contributed by atoms with Gasteiger partial charge in [-0.1, -0.05) is 40.9 Å². The van der Waals surface area contributed by atoms with Crippen LogP contribution in [0.2, 0.25) is 10.0 Å². The van der Waals surface area contributed by atoms with E-state index in [0.29, 0.717) is 10.7 Å². The molecule has 0 N–H and O–H groups in total. The molecular formula is C19H16Cl2N2O3. The summed E-state index contributed by atoms with van der Waals surface area (Å²) in [5.74, 6) is -1.10.